The standard InChI is InChI=1S/C9H13F3N2O/c1-4-6-8(2,3)7(15)14(13-6)5-9(10,11)12/h4-5H2,1-3H3. The van der Waals surface area contributed by atoms with Crippen LogP contribution in [0.5, 0.6) is 0 Å². The fourth-order valence-electron chi connectivity index (χ4n) is 1.55. The maximum absolute atomic E-state index is 12.1. The molecule has 0 atom stereocenters. The van der Waals surface area contributed by atoms with Crippen molar-refractivity contribution in [1.82, 2.24) is 5.01 Å². The maximum atomic E-state index is 12.1. The third kappa shape index (κ3) is 2.30. The van der Waals surface area contributed by atoms with Crippen molar-refractivity contribution in [2.45, 2.75) is 33.4 Å². The van der Waals surface area contributed by atoms with Gasteiger partial charge in [-0.3, -0.25) is 4.79 Å². The summed E-state index contributed by atoms with van der Waals surface area (Å²) in [5.41, 5.74) is -0.406. The number of carbonyl (C=O) groups excluding carboxylic acids is 1. The van der Waals surface area contributed by atoms with Crippen LogP contribution in [0, 0.1) is 5.41 Å². The molecule has 0 spiro atoms. The molecule has 0 saturated heterocycles. The number of hydrogen-bond donors (Lipinski definition) is 0. The second-order valence-corrected chi connectivity index (χ2v) is 4.00. The summed E-state index contributed by atoms with van der Waals surface area (Å²) in [7, 11) is 0. The summed E-state index contributed by atoms with van der Waals surface area (Å²) in [5.74, 6) is -0.586. The lowest BCUT2D eigenvalue weighted by atomic mass is 9.86. The molecule has 1 aliphatic heterocycles. The van der Waals surface area contributed by atoms with Gasteiger partial charge in [0.05, 0.1) is 11.1 Å². The predicted octanol–water partition coefficient (Wildman–Crippen LogP) is 2.18. The van der Waals surface area contributed by atoms with Crippen molar-refractivity contribution < 1.29 is 18.0 Å². The van der Waals surface area contributed by atoms with Crippen LogP contribution in [-0.2, 0) is 4.79 Å². The molecule has 1 rings (SSSR count). The smallest absolute Gasteiger partial charge is 0.272 e. The highest BCUT2D eigenvalue weighted by molar-refractivity contribution is 6.11. The van der Waals surface area contributed by atoms with Crippen molar-refractivity contribution in [3.8, 4) is 0 Å². The van der Waals surface area contributed by atoms with Crippen LogP contribution in [0.15, 0.2) is 5.10 Å². The molecule has 0 N–H and O–H groups in total. The zero-order valence-electron chi connectivity index (χ0n) is 8.85. The number of hydrogen-bond acceptors (Lipinski definition) is 2. The maximum Gasteiger partial charge on any atom is 0.408 e. The molecule has 86 valence electrons. The molecule has 0 aromatic heterocycles. The van der Waals surface area contributed by atoms with Gasteiger partial charge < -0.3 is 0 Å². The first-order valence-electron chi connectivity index (χ1n) is 4.65. The van der Waals surface area contributed by atoms with E-state index < -0.39 is 24.0 Å². The molecule has 0 aromatic carbocycles. The molecular formula is C9H13F3N2O. The molecule has 1 aliphatic rings. The van der Waals surface area contributed by atoms with E-state index in [4.69, 9.17) is 0 Å². The van der Waals surface area contributed by atoms with Gasteiger partial charge in [0.1, 0.15) is 6.54 Å². The van der Waals surface area contributed by atoms with Crippen LogP contribution < -0.4 is 0 Å². The van der Waals surface area contributed by atoms with Crippen molar-refractivity contribution in [3.63, 3.8) is 0 Å². The molecule has 3 nitrogen and oxygen atoms in total. The molecule has 15 heavy (non-hydrogen) atoms. The highest BCUT2D eigenvalue weighted by Gasteiger charge is 2.45. The molecule has 1 heterocycles. The average molecular weight is 222 g/mol. The number of rotatable bonds is 2. The average Bonchev–Trinajstić information content (AvgIpc) is 2.26. The quantitative estimate of drug-likeness (QED) is 0.704. The Balaban J connectivity index is 2.88. The summed E-state index contributed by atoms with van der Waals surface area (Å²) < 4.78 is 36.3. The third-order valence-electron chi connectivity index (χ3n) is 2.40. The van der Waals surface area contributed by atoms with E-state index in [1.165, 1.54) is 0 Å². The number of carbonyl (C=O) groups is 1. The van der Waals surface area contributed by atoms with Crippen molar-refractivity contribution in [2.24, 2.45) is 10.5 Å². The minimum absolute atomic E-state index is 0.479. The van der Waals surface area contributed by atoms with E-state index in [9.17, 15) is 18.0 Å². The lowest BCUT2D eigenvalue weighted by molar-refractivity contribution is -0.162. The third-order valence-corrected chi connectivity index (χ3v) is 2.40. The molecule has 0 aliphatic carbocycles. The Morgan fingerprint density at radius 3 is 2.27 bits per heavy atom. The van der Waals surface area contributed by atoms with Gasteiger partial charge in [-0.15, -0.1) is 0 Å². The van der Waals surface area contributed by atoms with Crippen LogP contribution in [0.25, 0.3) is 0 Å². The summed E-state index contributed by atoms with van der Waals surface area (Å²) >= 11 is 0. The van der Waals surface area contributed by atoms with Crippen LogP contribution in [0.2, 0.25) is 0 Å². The molecule has 0 fully saturated rings. The van der Waals surface area contributed by atoms with E-state index >= 15 is 0 Å². The Bertz CT molecular complexity index is 307. The van der Waals surface area contributed by atoms with Gasteiger partial charge in [0, 0.05) is 0 Å². The second kappa shape index (κ2) is 3.50. The van der Waals surface area contributed by atoms with Crippen LogP contribution in [0.3, 0.4) is 0 Å². The van der Waals surface area contributed by atoms with Crippen molar-refractivity contribution in [1.29, 1.82) is 0 Å². The van der Waals surface area contributed by atoms with Crippen molar-refractivity contribution in [3.05, 3.63) is 0 Å². The summed E-state index contributed by atoms with van der Waals surface area (Å²) in [4.78, 5) is 11.6. The number of alkyl halides is 3. The highest BCUT2D eigenvalue weighted by atomic mass is 19.4. The molecule has 0 radical (unpaired) electrons. The summed E-state index contributed by atoms with van der Waals surface area (Å²) in [5, 5.41) is 4.22. The first-order valence-corrected chi connectivity index (χ1v) is 4.65. The molecular weight excluding hydrogens is 209 g/mol. The number of amides is 1. The topological polar surface area (TPSA) is 32.7 Å². The van der Waals surface area contributed by atoms with Gasteiger partial charge in [0.2, 0.25) is 0 Å². The minimum Gasteiger partial charge on any atom is -0.272 e. The van der Waals surface area contributed by atoms with Crippen molar-refractivity contribution in [2.75, 3.05) is 6.54 Å². The number of hydrazone groups is 1. The number of nitrogens with zero attached hydrogens (tertiary/aromatic N) is 2. The highest BCUT2D eigenvalue weighted by Crippen LogP contribution is 2.31. The largest absolute Gasteiger partial charge is 0.408 e. The van der Waals surface area contributed by atoms with E-state index in [0.717, 1.165) is 0 Å². The van der Waals surface area contributed by atoms with Gasteiger partial charge >= 0.3 is 6.18 Å². The van der Waals surface area contributed by atoms with Gasteiger partial charge in [-0.05, 0) is 20.3 Å². The van der Waals surface area contributed by atoms with Gasteiger partial charge in [-0.1, -0.05) is 6.92 Å². The van der Waals surface area contributed by atoms with Gasteiger partial charge in [0.25, 0.3) is 5.91 Å². The molecule has 0 saturated carbocycles. The molecule has 0 aromatic rings. The summed E-state index contributed by atoms with van der Waals surface area (Å²) in [6, 6.07) is 0. The fourth-order valence-corrected chi connectivity index (χ4v) is 1.55. The lowest BCUT2D eigenvalue weighted by Gasteiger charge is -2.19. The Kier molecular flexibility index (Phi) is 2.80. The van der Waals surface area contributed by atoms with Crippen molar-refractivity contribution >= 4 is 11.6 Å². The monoisotopic (exact) mass is 222 g/mol. The zero-order valence-corrected chi connectivity index (χ0v) is 8.85. The van der Waals surface area contributed by atoms with E-state index in [2.05, 4.69) is 5.10 Å². The predicted molar refractivity (Wildman–Crippen MR) is 49.3 cm³/mol. The van der Waals surface area contributed by atoms with Crippen LogP contribution >= 0.6 is 0 Å². The normalized spacial score (nSPS) is 20.8. The first kappa shape index (κ1) is 12.0. The van der Waals surface area contributed by atoms with E-state index in [-0.39, 0.29) is 0 Å². The van der Waals surface area contributed by atoms with E-state index in [0.29, 0.717) is 17.1 Å². The minimum atomic E-state index is -4.40. The van der Waals surface area contributed by atoms with Gasteiger partial charge in [-0.2, -0.15) is 18.3 Å². The van der Waals surface area contributed by atoms with Crippen LogP contribution in [0.1, 0.15) is 27.2 Å². The first-order chi connectivity index (χ1) is 6.68. The molecule has 0 bridgehead atoms. The lowest BCUT2D eigenvalue weighted by Crippen LogP contribution is -2.38. The van der Waals surface area contributed by atoms with Crippen LogP contribution in [0.4, 0.5) is 13.2 Å². The summed E-state index contributed by atoms with van der Waals surface area (Å²) in [6.07, 6.45) is -3.93. The van der Waals surface area contributed by atoms with E-state index in [1.54, 1.807) is 20.8 Å². The fraction of sp³-hybridized carbons (Fsp3) is 0.778. The van der Waals surface area contributed by atoms with Crippen LogP contribution in [-0.4, -0.2) is 29.3 Å². The Labute approximate surface area is 85.9 Å². The SMILES string of the molecule is CCC1=NN(CC(F)(F)F)C(=O)C1(C)C. The van der Waals surface area contributed by atoms with Gasteiger partial charge in [0.15, 0.2) is 0 Å². The Morgan fingerprint density at radius 1 is 1.40 bits per heavy atom. The Morgan fingerprint density at radius 2 is 1.93 bits per heavy atom. The Hall–Kier alpha value is -1.07. The second-order valence-electron chi connectivity index (χ2n) is 4.00. The molecule has 6 heteroatoms. The summed E-state index contributed by atoms with van der Waals surface area (Å²) in [6.45, 7) is 3.64. The molecule has 1 amide bonds. The number of halogens is 3. The van der Waals surface area contributed by atoms with Gasteiger partial charge in [-0.25, -0.2) is 5.01 Å². The zero-order chi connectivity index (χ0) is 11.9. The molecule has 0 unspecified atom stereocenters. The van der Waals surface area contributed by atoms with E-state index in [1.807, 2.05) is 0 Å².